The monoisotopic (exact) mass is 372 g/mol. The first-order valence-corrected chi connectivity index (χ1v) is 8.47. The van der Waals surface area contributed by atoms with Crippen LogP contribution in [0.5, 0.6) is 28.7 Å². The minimum atomic E-state index is -0.733. The number of amides is 1. The summed E-state index contributed by atoms with van der Waals surface area (Å²) < 4.78 is 10.9. The average Bonchev–Trinajstić information content (AvgIpc) is 2.62. The number of carbonyl (C=O) groups is 1. The highest BCUT2D eigenvalue weighted by atomic mass is 16.5. The summed E-state index contributed by atoms with van der Waals surface area (Å²) in [6.45, 7) is 4.30. The second-order valence-corrected chi connectivity index (χ2v) is 5.88. The number of nitrogen functional groups attached to an aromatic ring is 1. The van der Waals surface area contributed by atoms with E-state index in [1.54, 1.807) is 13.8 Å². The van der Waals surface area contributed by atoms with Crippen molar-refractivity contribution in [3.63, 3.8) is 0 Å². The second-order valence-electron chi connectivity index (χ2n) is 5.88. The normalized spacial score (nSPS) is 10.4. The molecule has 10 heteroatoms. The van der Waals surface area contributed by atoms with Gasteiger partial charge in [0, 0.05) is 12.1 Å². The number of benzene rings is 2. The van der Waals surface area contributed by atoms with E-state index in [1.807, 2.05) is 0 Å². The van der Waals surface area contributed by atoms with E-state index in [1.165, 1.54) is 27.8 Å². The SMILES string of the molecule is Bc1c(O)c(B)c(C(=O)Nc2cc(OCC)c(N)cc2OCC)c(O)c1O. The average molecular weight is 372 g/mol. The molecule has 0 heterocycles. The predicted octanol–water partition coefficient (Wildman–Crippen LogP) is -1.05. The Morgan fingerprint density at radius 1 is 1.00 bits per heavy atom. The number of phenolic OH excluding ortho intramolecular Hbond substituents is 3. The minimum absolute atomic E-state index is 0.0858. The fraction of sp³-hybridized carbons (Fsp3) is 0.235. The molecule has 0 atom stereocenters. The van der Waals surface area contributed by atoms with Gasteiger partial charge in [-0.25, -0.2) is 0 Å². The molecule has 0 bridgehead atoms. The van der Waals surface area contributed by atoms with Gasteiger partial charge in [-0.3, -0.25) is 4.79 Å². The topological polar surface area (TPSA) is 134 Å². The molecule has 0 aliphatic carbocycles. The zero-order chi connectivity index (χ0) is 20.3. The quantitative estimate of drug-likeness (QED) is 0.189. The van der Waals surface area contributed by atoms with Crippen LogP contribution in [0, 0.1) is 0 Å². The summed E-state index contributed by atoms with van der Waals surface area (Å²) in [4.78, 5) is 12.8. The van der Waals surface area contributed by atoms with Crippen molar-refractivity contribution in [2.45, 2.75) is 13.8 Å². The number of nitrogens with two attached hydrogens (primary N) is 1. The Bertz CT molecular complexity index is 859. The highest BCUT2D eigenvalue weighted by Gasteiger charge is 2.24. The van der Waals surface area contributed by atoms with Crippen molar-refractivity contribution in [1.29, 1.82) is 0 Å². The first-order valence-electron chi connectivity index (χ1n) is 8.47. The lowest BCUT2D eigenvalue weighted by atomic mass is 9.80. The molecular formula is C17H22B2N2O6. The van der Waals surface area contributed by atoms with Crippen molar-refractivity contribution in [1.82, 2.24) is 0 Å². The van der Waals surface area contributed by atoms with Crippen LogP contribution in [0.2, 0.25) is 0 Å². The molecule has 0 unspecified atom stereocenters. The number of nitrogens with one attached hydrogen (secondary N) is 1. The summed E-state index contributed by atoms with van der Waals surface area (Å²) >= 11 is 0. The third kappa shape index (κ3) is 3.84. The molecule has 142 valence electrons. The van der Waals surface area contributed by atoms with Crippen LogP contribution in [0.1, 0.15) is 24.2 Å². The van der Waals surface area contributed by atoms with E-state index in [9.17, 15) is 20.1 Å². The zero-order valence-corrected chi connectivity index (χ0v) is 15.7. The van der Waals surface area contributed by atoms with Crippen LogP contribution < -0.4 is 31.4 Å². The van der Waals surface area contributed by atoms with Gasteiger partial charge in [0.2, 0.25) is 0 Å². The van der Waals surface area contributed by atoms with Crippen LogP contribution in [-0.4, -0.2) is 50.1 Å². The molecule has 8 nitrogen and oxygen atoms in total. The molecule has 2 aromatic carbocycles. The van der Waals surface area contributed by atoms with Gasteiger partial charge in [-0.1, -0.05) is 0 Å². The summed E-state index contributed by atoms with van der Waals surface area (Å²) in [5.74, 6) is -1.48. The summed E-state index contributed by atoms with van der Waals surface area (Å²) in [6.07, 6.45) is 0. The molecule has 2 aromatic rings. The third-order valence-corrected chi connectivity index (χ3v) is 4.09. The molecule has 0 aromatic heterocycles. The number of phenols is 3. The van der Waals surface area contributed by atoms with E-state index in [-0.39, 0.29) is 27.9 Å². The van der Waals surface area contributed by atoms with Gasteiger partial charge in [0.05, 0.1) is 30.2 Å². The van der Waals surface area contributed by atoms with Gasteiger partial charge in [0.25, 0.3) is 5.91 Å². The van der Waals surface area contributed by atoms with Gasteiger partial charge in [0.15, 0.2) is 11.5 Å². The van der Waals surface area contributed by atoms with E-state index in [4.69, 9.17) is 15.2 Å². The van der Waals surface area contributed by atoms with Crippen molar-refractivity contribution < 1.29 is 29.6 Å². The molecule has 0 fully saturated rings. The Kier molecular flexibility index (Phi) is 5.99. The van der Waals surface area contributed by atoms with E-state index < -0.39 is 17.4 Å². The molecule has 0 aliphatic rings. The largest absolute Gasteiger partial charge is 0.509 e. The Morgan fingerprint density at radius 3 is 2.19 bits per heavy atom. The number of carbonyl (C=O) groups excluding carboxylic acids is 1. The number of hydrogen-bond donors (Lipinski definition) is 5. The van der Waals surface area contributed by atoms with Crippen LogP contribution >= 0.6 is 0 Å². The van der Waals surface area contributed by atoms with Gasteiger partial charge in [-0.2, -0.15) is 0 Å². The predicted molar refractivity (Wildman–Crippen MR) is 109 cm³/mol. The van der Waals surface area contributed by atoms with Gasteiger partial charge < -0.3 is 35.8 Å². The highest BCUT2D eigenvalue weighted by molar-refractivity contribution is 6.46. The number of anilines is 2. The molecule has 0 spiro atoms. The van der Waals surface area contributed by atoms with Gasteiger partial charge in [-0.05, 0) is 24.8 Å². The molecule has 0 saturated heterocycles. The molecular weight excluding hydrogens is 350 g/mol. The molecule has 27 heavy (non-hydrogen) atoms. The van der Waals surface area contributed by atoms with E-state index in [0.717, 1.165) is 0 Å². The van der Waals surface area contributed by atoms with Crippen LogP contribution in [-0.2, 0) is 0 Å². The smallest absolute Gasteiger partial charge is 0.259 e. The number of aromatic hydroxyl groups is 3. The van der Waals surface area contributed by atoms with Crippen molar-refractivity contribution in [2.24, 2.45) is 0 Å². The van der Waals surface area contributed by atoms with E-state index in [2.05, 4.69) is 5.32 Å². The minimum Gasteiger partial charge on any atom is -0.509 e. The lowest BCUT2D eigenvalue weighted by molar-refractivity contribution is 0.102. The van der Waals surface area contributed by atoms with Crippen LogP contribution in [0.4, 0.5) is 11.4 Å². The number of rotatable bonds is 6. The van der Waals surface area contributed by atoms with Crippen molar-refractivity contribution in [3.05, 3.63) is 17.7 Å². The van der Waals surface area contributed by atoms with Gasteiger partial charge >= 0.3 is 0 Å². The van der Waals surface area contributed by atoms with Gasteiger partial charge in [0.1, 0.15) is 32.9 Å². The zero-order valence-electron chi connectivity index (χ0n) is 15.7. The van der Waals surface area contributed by atoms with Gasteiger partial charge in [-0.15, -0.1) is 0 Å². The fourth-order valence-corrected chi connectivity index (χ4v) is 2.68. The van der Waals surface area contributed by atoms with Crippen molar-refractivity contribution in [2.75, 3.05) is 24.3 Å². The van der Waals surface area contributed by atoms with Crippen molar-refractivity contribution in [3.8, 4) is 28.7 Å². The Morgan fingerprint density at radius 2 is 1.59 bits per heavy atom. The Balaban J connectivity index is 2.51. The highest BCUT2D eigenvalue weighted by Crippen LogP contribution is 2.36. The molecule has 1 amide bonds. The number of hydrogen-bond acceptors (Lipinski definition) is 7. The molecule has 6 N–H and O–H groups in total. The number of ether oxygens (including phenoxy) is 2. The Hall–Kier alpha value is -3.16. The first kappa shape index (κ1) is 20.2. The first-order chi connectivity index (χ1) is 12.7. The van der Waals surface area contributed by atoms with Crippen molar-refractivity contribution >= 4 is 43.9 Å². The maximum atomic E-state index is 12.8. The third-order valence-electron chi connectivity index (χ3n) is 4.09. The molecule has 0 aliphatic heterocycles. The van der Waals surface area contributed by atoms with Crippen LogP contribution in [0.15, 0.2) is 12.1 Å². The summed E-state index contributed by atoms with van der Waals surface area (Å²) in [5.41, 5.74) is 6.54. The summed E-state index contributed by atoms with van der Waals surface area (Å²) in [5, 5.41) is 32.8. The molecule has 0 saturated carbocycles. The standard InChI is InChI=1S/C17H22B2N2O6/c1-3-26-9-6-8(10(27-4-2)5-7(9)20)21-17(25)11-12(18)15(23)13(19)16(24)14(11)22/h5-6,22-24H,3-4,18-20H2,1-2H3,(H,21,25). The Labute approximate surface area is 158 Å². The maximum Gasteiger partial charge on any atom is 0.259 e. The van der Waals surface area contributed by atoms with Crippen LogP contribution in [0.25, 0.3) is 0 Å². The lowest BCUT2D eigenvalue weighted by Gasteiger charge is -2.18. The molecule has 2 rings (SSSR count). The fourth-order valence-electron chi connectivity index (χ4n) is 2.68. The van der Waals surface area contributed by atoms with E-state index in [0.29, 0.717) is 30.4 Å². The second kappa shape index (κ2) is 8.03. The van der Waals surface area contributed by atoms with E-state index >= 15 is 0 Å². The lowest BCUT2D eigenvalue weighted by Crippen LogP contribution is -2.26. The maximum absolute atomic E-state index is 12.8. The molecule has 0 radical (unpaired) electrons. The summed E-state index contributed by atoms with van der Waals surface area (Å²) in [6, 6.07) is 3.04. The summed E-state index contributed by atoms with van der Waals surface area (Å²) in [7, 11) is 2.90. The van der Waals surface area contributed by atoms with Crippen LogP contribution in [0.3, 0.4) is 0 Å².